The maximum Gasteiger partial charge on any atom is 0.473 e. The average molecular weight is 175 g/mol. The van der Waals surface area contributed by atoms with Crippen molar-refractivity contribution >= 4 is 25.5 Å². The minimum atomic E-state index is -5.39. The molecule has 0 aromatic rings. The first-order valence-corrected chi connectivity index (χ1v) is 3.60. The molecule has 0 aliphatic rings. The Morgan fingerprint density at radius 3 is 1.89 bits per heavy atom. The van der Waals surface area contributed by atoms with E-state index in [1.807, 2.05) is 0 Å². The van der Waals surface area contributed by atoms with E-state index in [0.717, 1.165) is 0 Å². The van der Waals surface area contributed by atoms with Crippen LogP contribution in [0.2, 0.25) is 0 Å². The minimum absolute atomic E-state index is 3.01. The molecule has 0 saturated carbocycles. The number of phosphoric acid groups is 1. The van der Waals surface area contributed by atoms with Crippen molar-refractivity contribution in [1.82, 2.24) is 0 Å². The van der Waals surface area contributed by atoms with Gasteiger partial charge in [0.25, 0.3) is 0 Å². The van der Waals surface area contributed by atoms with Crippen LogP contribution in [0.5, 0.6) is 0 Å². The molecule has 0 fully saturated rings. The molecule has 0 heterocycles. The zero-order valence-electron chi connectivity index (χ0n) is 3.93. The number of hydrogen-bond donors (Lipinski definition) is 2. The second-order valence-electron chi connectivity index (χ2n) is 1.16. The van der Waals surface area contributed by atoms with E-state index < -0.39 is 14.0 Å². The van der Waals surface area contributed by atoms with Crippen molar-refractivity contribution in [1.29, 1.82) is 0 Å². The quantitative estimate of drug-likeness (QED) is 0.354. The van der Waals surface area contributed by atoms with Gasteiger partial charge in [-0.15, -0.1) is 0 Å². The zero-order valence-corrected chi connectivity index (χ0v) is 5.58. The molecule has 0 aromatic carbocycles. The van der Waals surface area contributed by atoms with E-state index in [0.29, 0.717) is 0 Å². The summed E-state index contributed by atoms with van der Waals surface area (Å²) in [6.07, 6.45) is -4.01. The molecular formula is H2BClO6P-3. The van der Waals surface area contributed by atoms with E-state index in [1.54, 1.807) is 0 Å². The van der Waals surface area contributed by atoms with Gasteiger partial charge in [-0.25, -0.2) is 0 Å². The Hall–Kier alpha value is 0.385. The first-order chi connectivity index (χ1) is 3.71. The third-order valence-corrected chi connectivity index (χ3v) is 1.03. The topological polar surface area (TPSA) is 113 Å². The third kappa shape index (κ3) is 8.38. The Labute approximate surface area is 55.2 Å². The highest BCUT2D eigenvalue weighted by molar-refractivity contribution is 7.46. The number of rotatable bonds is 2. The molecule has 0 atom stereocenters. The van der Waals surface area contributed by atoms with Crippen LogP contribution in [0.4, 0.5) is 0 Å². The van der Waals surface area contributed by atoms with Crippen molar-refractivity contribution in [3.05, 3.63) is 0 Å². The Bertz CT molecular complexity index is 130. The Morgan fingerprint density at radius 2 is 1.89 bits per heavy atom. The lowest BCUT2D eigenvalue weighted by Gasteiger charge is -2.38. The largest absolute Gasteiger partial charge is 0.792 e. The lowest BCUT2D eigenvalue weighted by atomic mass is 10.2. The molecule has 6 nitrogen and oxygen atoms in total. The lowest BCUT2D eigenvalue weighted by molar-refractivity contribution is -0.336. The molecule has 9 heteroatoms. The molecule has 9 heavy (non-hydrogen) atoms. The van der Waals surface area contributed by atoms with Crippen molar-refractivity contribution in [3.63, 3.8) is 0 Å². The van der Waals surface area contributed by atoms with Crippen LogP contribution >= 0.6 is 19.3 Å². The van der Waals surface area contributed by atoms with Gasteiger partial charge in [-0.2, -0.15) is 0 Å². The van der Waals surface area contributed by atoms with Gasteiger partial charge in [0.05, 0.1) is 0 Å². The van der Waals surface area contributed by atoms with Gasteiger partial charge in [-0.05, 0) is 0 Å². The average Bonchev–Trinajstić information content (AvgIpc) is 1.14. The van der Waals surface area contributed by atoms with Crippen LogP contribution in [-0.2, 0) is 9.01 Å². The van der Waals surface area contributed by atoms with Crippen molar-refractivity contribution in [3.8, 4) is 0 Å². The summed E-state index contributed by atoms with van der Waals surface area (Å²) in [5.74, 6) is 0. The molecule has 56 valence electrons. The molecule has 2 N–H and O–H groups in total. The summed E-state index contributed by atoms with van der Waals surface area (Å²) in [5, 5.41) is 15.9. The van der Waals surface area contributed by atoms with Crippen LogP contribution in [0, 0.1) is 0 Å². The molecule has 0 aliphatic heterocycles. The highest BCUT2D eigenvalue weighted by Gasteiger charge is 2.16. The van der Waals surface area contributed by atoms with E-state index in [2.05, 4.69) is 15.9 Å². The zero-order chi connectivity index (χ0) is 7.71. The van der Waals surface area contributed by atoms with Crippen LogP contribution in [0.1, 0.15) is 0 Å². The SMILES string of the molecule is O=P([O-])([O-])O[B-](O)(O)Cl. The van der Waals surface area contributed by atoms with Gasteiger partial charge in [0.2, 0.25) is 0 Å². The maximum absolute atomic E-state index is 9.51. The predicted octanol–water partition coefficient (Wildman–Crippen LogP) is -2.51. The Balaban J connectivity index is 3.90. The first kappa shape index (κ1) is 9.38. The van der Waals surface area contributed by atoms with Crippen LogP contribution in [0.3, 0.4) is 0 Å². The normalized spacial score (nSPS) is 13.9. The van der Waals surface area contributed by atoms with Gasteiger partial charge in [0.15, 0.2) is 0 Å². The van der Waals surface area contributed by atoms with Gasteiger partial charge < -0.3 is 28.8 Å². The van der Waals surface area contributed by atoms with Crippen molar-refractivity contribution in [2.45, 2.75) is 0 Å². The fourth-order valence-electron chi connectivity index (χ4n) is 0.164. The monoisotopic (exact) mass is 175 g/mol. The molecule has 0 spiro atoms. The molecule has 0 bridgehead atoms. The molecule has 0 saturated heterocycles. The van der Waals surface area contributed by atoms with E-state index in [-0.39, 0.29) is 0 Å². The second kappa shape index (κ2) is 2.55. The molecule has 0 aromatic heterocycles. The maximum atomic E-state index is 9.51. The van der Waals surface area contributed by atoms with Gasteiger partial charge in [-0.1, -0.05) is 0 Å². The summed E-state index contributed by atoms with van der Waals surface area (Å²) in [6.45, 7) is 0. The second-order valence-corrected chi connectivity index (χ2v) is 2.84. The molecule has 0 rings (SSSR count). The smallest absolute Gasteiger partial charge is 0.473 e. The fourth-order valence-corrected chi connectivity index (χ4v) is 0.786. The summed E-state index contributed by atoms with van der Waals surface area (Å²) in [4.78, 5) is 19.0. The van der Waals surface area contributed by atoms with Crippen LogP contribution < -0.4 is 9.79 Å². The molecule has 0 unspecified atom stereocenters. The summed E-state index contributed by atoms with van der Waals surface area (Å²) < 4.78 is 12.5. The van der Waals surface area contributed by atoms with Crippen LogP contribution in [0.25, 0.3) is 0 Å². The highest BCUT2D eigenvalue weighted by Crippen LogP contribution is 2.29. The van der Waals surface area contributed by atoms with Crippen molar-refractivity contribution in [2.24, 2.45) is 0 Å². The van der Waals surface area contributed by atoms with Crippen LogP contribution in [0.15, 0.2) is 0 Å². The van der Waals surface area contributed by atoms with Gasteiger partial charge in [-0.3, -0.25) is 11.5 Å². The number of hydrogen-bond acceptors (Lipinski definition) is 6. The first-order valence-electron chi connectivity index (χ1n) is 1.70. The Kier molecular flexibility index (Phi) is 2.66. The summed E-state index contributed by atoms with van der Waals surface area (Å²) in [6, 6.07) is 0. The van der Waals surface area contributed by atoms with E-state index in [1.165, 1.54) is 0 Å². The predicted molar refractivity (Wildman–Crippen MR) is 24.7 cm³/mol. The minimum Gasteiger partial charge on any atom is -0.792 e. The Morgan fingerprint density at radius 1 is 1.56 bits per heavy atom. The molecule has 0 aliphatic carbocycles. The van der Waals surface area contributed by atoms with E-state index >= 15 is 0 Å². The number of halogens is 1. The van der Waals surface area contributed by atoms with Gasteiger partial charge >= 0.3 is 6.17 Å². The van der Waals surface area contributed by atoms with Gasteiger partial charge in [0, 0.05) is 7.82 Å². The van der Waals surface area contributed by atoms with Crippen LogP contribution in [-0.4, -0.2) is 16.2 Å². The van der Waals surface area contributed by atoms with E-state index in [4.69, 9.17) is 10.0 Å². The highest BCUT2D eigenvalue weighted by atomic mass is 35.5. The summed E-state index contributed by atoms with van der Waals surface area (Å²) in [5.41, 5.74) is 0. The van der Waals surface area contributed by atoms with Crippen molar-refractivity contribution < 1.29 is 28.8 Å². The fraction of sp³-hybridized carbons (Fsp3) is 0. The summed E-state index contributed by atoms with van der Waals surface area (Å²) in [7, 11) is -5.39. The molecule has 0 radical (unpaired) electrons. The molecule has 0 amide bonds. The van der Waals surface area contributed by atoms with E-state index in [9.17, 15) is 14.4 Å². The van der Waals surface area contributed by atoms with Gasteiger partial charge in [0.1, 0.15) is 0 Å². The lowest BCUT2D eigenvalue weighted by Crippen LogP contribution is -2.35. The summed E-state index contributed by atoms with van der Waals surface area (Å²) >= 11 is 4.40. The standard InChI is InChI=1S/BClH4O6P/c2-1(3,4)8-9(5,6)7/h3-4H,(H2,5,6,7)/q-1/p-2. The third-order valence-electron chi connectivity index (χ3n) is 0.263. The molecular weight excluding hydrogens is 173 g/mol. The van der Waals surface area contributed by atoms with Crippen molar-refractivity contribution in [2.75, 3.05) is 0 Å².